The lowest BCUT2D eigenvalue weighted by molar-refractivity contribution is -0.192. The largest absolute Gasteiger partial charge is 0.490 e. The summed E-state index contributed by atoms with van der Waals surface area (Å²) in [6.07, 6.45) is -2.73. The number of rotatable bonds is 9. The lowest BCUT2D eigenvalue weighted by Crippen LogP contribution is -2.21. The molecule has 14 nitrogen and oxygen atoms in total. The zero-order valence-electron chi connectivity index (χ0n) is 23.7. The lowest BCUT2D eigenvalue weighted by Gasteiger charge is -2.12. The third kappa shape index (κ3) is 7.82. The van der Waals surface area contributed by atoms with Gasteiger partial charge < -0.3 is 36.5 Å². The number of aliphatic carboxylic acids is 1. The molecular formula is C28H28F3N9O5. The van der Waals surface area contributed by atoms with E-state index in [0.717, 1.165) is 11.1 Å². The number of carboxylic acids is 1. The summed E-state index contributed by atoms with van der Waals surface area (Å²) in [6.45, 7) is 3.47. The number of alkyl halides is 3. The number of nitrogens with zero attached hydrogens (tertiary/aromatic N) is 5. The summed E-state index contributed by atoms with van der Waals surface area (Å²) >= 11 is 0. The number of para-hydroxylation sites is 1. The summed E-state index contributed by atoms with van der Waals surface area (Å²) in [4.78, 5) is 31.0. The molecule has 0 aliphatic rings. The fraction of sp³-hybridized carbons (Fsp3) is 0.214. The quantitative estimate of drug-likeness (QED) is 0.141. The van der Waals surface area contributed by atoms with Crippen molar-refractivity contribution in [2.24, 2.45) is 5.73 Å². The normalized spacial score (nSPS) is 11.0. The Bertz CT molecular complexity index is 1770. The molecule has 0 unspecified atom stereocenters. The van der Waals surface area contributed by atoms with Crippen LogP contribution in [-0.2, 0) is 11.3 Å². The number of fused-ring (bicyclic) bond motifs is 1. The average molecular weight is 628 g/mol. The Morgan fingerprint density at radius 1 is 1.04 bits per heavy atom. The number of ether oxygens (including phenoxy) is 1. The number of aromatic nitrogens is 5. The van der Waals surface area contributed by atoms with Crippen LogP contribution in [0.2, 0.25) is 0 Å². The molecule has 7 N–H and O–H groups in total. The first-order chi connectivity index (χ1) is 21.5. The van der Waals surface area contributed by atoms with Crippen LogP contribution in [0.25, 0.3) is 33.8 Å². The molecule has 0 fully saturated rings. The van der Waals surface area contributed by atoms with Crippen LogP contribution in [0, 0.1) is 0 Å². The first kappa shape index (κ1) is 32.2. The van der Waals surface area contributed by atoms with Gasteiger partial charge in [0.05, 0.1) is 18.5 Å². The maximum atomic E-state index is 12.5. The Hall–Kier alpha value is -5.71. The molecule has 0 aliphatic carbocycles. The first-order valence-electron chi connectivity index (χ1n) is 13.4. The molecule has 0 bridgehead atoms. The molecule has 2 aromatic carbocycles. The highest BCUT2D eigenvalue weighted by Crippen LogP contribution is 2.37. The van der Waals surface area contributed by atoms with Gasteiger partial charge in [0.2, 0.25) is 0 Å². The van der Waals surface area contributed by atoms with Crippen molar-refractivity contribution in [3.8, 4) is 28.5 Å². The maximum absolute atomic E-state index is 12.5. The van der Waals surface area contributed by atoms with Gasteiger partial charge in [-0.15, -0.1) is 0 Å². The van der Waals surface area contributed by atoms with Crippen molar-refractivity contribution in [1.82, 2.24) is 24.8 Å². The van der Waals surface area contributed by atoms with Gasteiger partial charge in [-0.05, 0) is 54.5 Å². The molecule has 0 saturated heterocycles. The summed E-state index contributed by atoms with van der Waals surface area (Å²) in [6, 6.07) is 16.2. The second-order valence-corrected chi connectivity index (χ2v) is 9.17. The number of amides is 2. The zero-order valence-corrected chi connectivity index (χ0v) is 23.7. The summed E-state index contributed by atoms with van der Waals surface area (Å²) in [7, 11) is 0. The number of carbonyl (C=O) groups is 2. The van der Waals surface area contributed by atoms with Crippen molar-refractivity contribution < 1.29 is 37.2 Å². The molecule has 5 aromatic rings. The number of aryl methyl sites for hydroxylation is 1. The van der Waals surface area contributed by atoms with Gasteiger partial charge in [-0.3, -0.25) is 0 Å². The number of imidazole rings is 1. The van der Waals surface area contributed by atoms with Crippen LogP contribution in [0.5, 0.6) is 5.75 Å². The second kappa shape index (κ2) is 14.2. The van der Waals surface area contributed by atoms with E-state index >= 15 is 0 Å². The standard InChI is InChI=1S/C26H27N9O3.C2HF3O2/c1-2-35-23-19(37-13-7-12-27)15-29-20(21(23)32-25(35)22-24(28)34-38-33-22)16-8-6-11-18(14-16)31-26(36)30-17-9-4-3-5-10-17;3-2(4,5)1(6)7/h3-6,8-11,14-15H,2,7,12-13,27H2,1H3,(H2,28,34)(H2,30,31,36);(H,6,7). The summed E-state index contributed by atoms with van der Waals surface area (Å²) in [5, 5.41) is 20.5. The fourth-order valence-corrected chi connectivity index (χ4v) is 4.09. The zero-order chi connectivity index (χ0) is 32.6. The van der Waals surface area contributed by atoms with Gasteiger partial charge >= 0.3 is 18.2 Å². The van der Waals surface area contributed by atoms with E-state index in [1.54, 1.807) is 12.3 Å². The average Bonchev–Trinajstić information content (AvgIpc) is 3.61. The molecule has 17 heteroatoms. The van der Waals surface area contributed by atoms with Crippen LogP contribution < -0.4 is 26.8 Å². The van der Waals surface area contributed by atoms with Gasteiger partial charge in [0.1, 0.15) is 11.0 Å². The van der Waals surface area contributed by atoms with E-state index in [9.17, 15) is 18.0 Å². The molecular weight excluding hydrogens is 599 g/mol. The number of urea groups is 1. The highest BCUT2D eigenvalue weighted by molar-refractivity contribution is 6.01. The molecule has 45 heavy (non-hydrogen) atoms. The van der Waals surface area contributed by atoms with E-state index in [0.29, 0.717) is 66.0 Å². The van der Waals surface area contributed by atoms with E-state index in [-0.39, 0.29) is 11.8 Å². The topological polar surface area (TPSA) is 209 Å². The minimum Gasteiger partial charge on any atom is -0.490 e. The van der Waals surface area contributed by atoms with Gasteiger partial charge in [0.25, 0.3) is 0 Å². The van der Waals surface area contributed by atoms with Gasteiger partial charge in [0, 0.05) is 23.5 Å². The van der Waals surface area contributed by atoms with Crippen LogP contribution in [0.3, 0.4) is 0 Å². The third-order valence-electron chi connectivity index (χ3n) is 6.05. The lowest BCUT2D eigenvalue weighted by atomic mass is 10.1. The number of benzene rings is 2. The highest BCUT2D eigenvalue weighted by atomic mass is 19.4. The van der Waals surface area contributed by atoms with Crippen LogP contribution in [-0.4, -0.2) is 61.3 Å². The number of carboxylic acid groups (broad SMARTS) is 1. The van der Waals surface area contributed by atoms with Crippen LogP contribution >= 0.6 is 0 Å². The monoisotopic (exact) mass is 627 g/mol. The van der Waals surface area contributed by atoms with E-state index in [4.69, 9.17) is 35.7 Å². The molecule has 0 aliphatic heterocycles. The smallest absolute Gasteiger partial charge is 0.490 e. The van der Waals surface area contributed by atoms with Crippen molar-refractivity contribution in [2.75, 3.05) is 29.5 Å². The Balaban J connectivity index is 0.000000591. The number of pyridine rings is 1. The first-order valence-corrected chi connectivity index (χ1v) is 13.4. The number of nitrogens with one attached hydrogen (secondary N) is 2. The van der Waals surface area contributed by atoms with Crippen molar-refractivity contribution in [3.63, 3.8) is 0 Å². The minimum atomic E-state index is -5.08. The van der Waals surface area contributed by atoms with E-state index < -0.39 is 12.1 Å². The van der Waals surface area contributed by atoms with E-state index in [1.165, 1.54) is 0 Å². The Kier molecular flexibility index (Phi) is 10.1. The number of hydrogen-bond acceptors (Lipinski definition) is 10. The molecule has 0 radical (unpaired) electrons. The molecule has 2 amide bonds. The summed E-state index contributed by atoms with van der Waals surface area (Å²) < 4.78 is 44.5. The number of anilines is 3. The van der Waals surface area contributed by atoms with Crippen molar-refractivity contribution in [3.05, 3.63) is 60.8 Å². The number of nitrogen functional groups attached to an aromatic ring is 1. The molecule has 5 rings (SSSR count). The van der Waals surface area contributed by atoms with Gasteiger partial charge in [-0.1, -0.05) is 30.3 Å². The van der Waals surface area contributed by atoms with Gasteiger partial charge in [0.15, 0.2) is 23.1 Å². The van der Waals surface area contributed by atoms with E-state index in [2.05, 4.69) is 25.9 Å². The second-order valence-electron chi connectivity index (χ2n) is 9.17. The molecule has 0 saturated carbocycles. The predicted molar refractivity (Wildman–Crippen MR) is 158 cm³/mol. The van der Waals surface area contributed by atoms with Crippen LogP contribution in [0.15, 0.2) is 65.4 Å². The number of hydrogen-bond donors (Lipinski definition) is 5. The SMILES string of the molecule is CCn1c(-c2nonc2N)nc2c(-c3cccc(NC(=O)Nc4ccccc4)c3)ncc(OCCCN)c21.O=C(O)C(F)(F)F. The van der Waals surface area contributed by atoms with Gasteiger partial charge in [-0.25, -0.2) is 24.2 Å². The third-order valence-corrected chi connectivity index (χ3v) is 6.05. The Labute approximate surface area is 253 Å². The van der Waals surface area contributed by atoms with Gasteiger partial charge in [-0.2, -0.15) is 13.2 Å². The Morgan fingerprint density at radius 3 is 2.36 bits per heavy atom. The predicted octanol–water partition coefficient (Wildman–Crippen LogP) is 4.76. The molecule has 236 valence electrons. The van der Waals surface area contributed by atoms with Crippen molar-refractivity contribution in [1.29, 1.82) is 0 Å². The van der Waals surface area contributed by atoms with Crippen molar-refractivity contribution in [2.45, 2.75) is 26.1 Å². The molecule has 3 heterocycles. The minimum absolute atomic E-state index is 0.130. The number of halogens is 3. The highest BCUT2D eigenvalue weighted by Gasteiger charge is 2.38. The van der Waals surface area contributed by atoms with E-state index in [1.807, 2.05) is 60.0 Å². The molecule has 0 atom stereocenters. The summed E-state index contributed by atoms with van der Waals surface area (Å²) in [5.41, 5.74) is 15.9. The van der Waals surface area contributed by atoms with Crippen LogP contribution in [0.1, 0.15) is 13.3 Å². The fourth-order valence-electron chi connectivity index (χ4n) is 4.09. The molecule has 0 spiro atoms. The van der Waals surface area contributed by atoms with Crippen molar-refractivity contribution >= 4 is 40.2 Å². The number of carbonyl (C=O) groups excluding carboxylic acids is 1. The maximum Gasteiger partial charge on any atom is 0.490 e. The van der Waals surface area contributed by atoms with Crippen LogP contribution in [0.4, 0.5) is 35.2 Å². The Morgan fingerprint density at radius 2 is 1.73 bits per heavy atom. The summed E-state index contributed by atoms with van der Waals surface area (Å²) in [5.74, 6) is -1.58. The number of nitrogens with two attached hydrogens (primary N) is 2. The molecule has 3 aromatic heterocycles.